The maximum atomic E-state index is 12.5. The van der Waals surface area contributed by atoms with Crippen molar-refractivity contribution in [1.29, 1.82) is 0 Å². The molecule has 1 aromatic heterocycles. The van der Waals surface area contributed by atoms with Crippen molar-refractivity contribution in [2.24, 2.45) is 0 Å². The van der Waals surface area contributed by atoms with Gasteiger partial charge in [-0.3, -0.25) is 19.5 Å². The Morgan fingerprint density at radius 3 is 2.59 bits per heavy atom. The lowest BCUT2D eigenvalue weighted by atomic mass is 10.1. The van der Waals surface area contributed by atoms with Crippen LogP contribution in [0.25, 0.3) is 11.1 Å². The van der Waals surface area contributed by atoms with Crippen LogP contribution in [0.15, 0.2) is 82.0 Å². The fraction of sp³-hybridized carbons (Fsp3) is 0.0476. The summed E-state index contributed by atoms with van der Waals surface area (Å²) in [6, 6.07) is 19.9. The molecule has 0 atom stereocenters. The molecular formula is C21H15N3O5. The fourth-order valence-electron chi connectivity index (χ4n) is 3.03. The third kappa shape index (κ3) is 3.77. The van der Waals surface area contributed by atoms with Crippen molar-refractivity contribution in [2.75, 3.05) is 5.32 Å². The SMILES string of the molecule is O=C(Nc1ccccc1)c1cccc(Cn2c(=O)oc3ccc([N+](=O)[O-])cc32)c1. The monoisotopic (exact) mass is 389 g/mol. The summed E-state index contributed by atoms with van der Waals surface area (Å²) in [4.78, 5) is 35.2. The van der Waals surface area contributed by atoms with Crippen molar-refractivity contribution in [3.63, 3.8) is 0 Å². The lowest BCUT2D eigenvalue weighted by molar-refractivity contribution is -0.384. The highest BCUT2D eigenvalue weighted by atomic mass is 16.6. The summed E-state index contributed by atoms with van der Waals surface area (Å²) in [7, 11) is 0. The van der Waals surface area contributed by atoms with Crippen LogP contribution in [0.1, 0.15) is 15.9 Å². The van der Waals surface area contributed by atoms with Gasteiger partial charge in [0.2, 0.25) is 0 Å². The molecule has 0 saturated heterocycles. The van der Waals surface area contributed by atoms with Crippen LogP contribution in [0.2, 0.25) is 0 Å². The molecule has 0 bridgehead atoms. The highest BCUT2D eigenvalue weighted by molar-refractivity contribution is 6.04. The van der Waals surface area contributed by atoms with E-state index in [1.807, 2.05) is 18.2 Å². The first-order valence-electron chi connectivity index (χ1n) is 8.74. The van der Waals surface area contributed by atoms with Crippen LogP contribution < -0.4 is 11.1 Å². The van der Waals surface area contributed by atoms with E-state index in [0.717, 1.165) is 0 Å². The summed E-state index contributed by atoms with van der Waals surface area (Å²) >= 11 is 0. The molecule has 4 aromatic rings. The second kappa shape index (κ2) is 7.43. The number of non-ortho nitro benzene ring substituents is 1. The summed E-state index contributed by atoms with van der Waals surface area (Å²) in [5.41, 5.74) is 2.23. The van der Waals surface area contributed by atoms with Crippen LogP contribution in [0.3, 0.4) is 0 Å². The van der Waals surface area contributed by atoms with Gasteiger partial charge >= 0.3 is 5.76 Å². The first kappa shape index (κ1) is 18.2. The van der Waals surface area contributed by atoms with Gasteiger partial charge in [0.15, 0.2) is 5.58 Å². The molecule has 8 nitrogen and oxygen atoms in total. The molecule has 0 radical (unpaired) electrons. The number of amides is 1. The van der Waals surface area contributed by atoms with Gasteiger partial charge in [0.05, 0.1) is 17.0 Å². The Labute approximate surface area is 164 Å². The maximum Gasteiger partial charge on any atom is 0.420 e. The Morgan fingerprint density at radius 2 is 1.83 bits per heavy atom. The van der Waals surface area contributed by atoms with E-state index in [9.17, 15) is 19.7 Å². The van der Waals surface area contributed by atoms with E-state index >= 15 is 0 Å². The number of hydrogen-bond acceptors (Lipinski definition) is 5. The summed E-state index contributed by atoms with van der Waals surface area (Å²) < 4.78 is 6.47. The fourth-order valence-corrected chi connectivity index (χ4v) is 3.03. The average Bonchev–Trinajstić information content (AvgIpc) is 3.03. The Kier molecular flexibility index (Phi) is 4.66. The lowest BCUT2D eigenvalue weighted by Gasteiger charge is -2.07. The van der Waals surface area contributed by atoms with Gasteiger partial charge < -0.3 is 9.73 Å². The van der Waals surface area contributed by atoms with E-state index in [4.69, 9.17) is 4.42 Å². The van der Waals surface area contributed by atoms with Crippen molar-refractivity contribution in [3.8, 4) is 0 Å². The van der Waals surface area contributed by atoms with Gasteiger partial charge in [-0.25, -0.2) is 4.79 Å². The number of anilines is 1. The first-order chi connectivity index (χ1) is 14.0. The number of hydrogen-bond donors (Lipinski definition) is 1. The zero-order valence-electron chi connectivity index (χ0n) is 15.1. The van der Waals surface area contributed by atoms with Crippen LogP contribution in [-0.2, 0) is 6.54 Å². The van der Waals surface area contributed by atoms with Crippen molar-refractivity contribution < 1.29 is 14.1 Å². The Bertz CT molecular complexity index is 1270. The number of para-hydroxylation sites is 1. The smallest absolute Gasteiger partial charge is 0.408 e. The number of carbonyl (C=O) groups excluding carboxylic acids is 1. The molecular weight excluding hydrogens is 374 g/mol. The molecule has 144 valence electrons. The second-order valence-electron chi connectivity index (χ2n) is 6.38. The largest absolute Gasteiger partial charge is 0.420 e. The molecule has 1 amide bonds. The van der Waals surface area contributed by atoms with E-state index in [1.54, 1.807) is 36.4 Å². The van der Waals surface area contributed by atoms with Gasteiger partial charge in [-0.05, 0) is 35.9 Å². The van der Waals surface area contributed by atoms with Crippen molar-refractivity contribution in [3.05, 3.63) is 105 Å². The third-order valence-electron chi connectivity index (χ3n) is 4.42. The van der Waals surface area contributed by atoms with Crippen LogP contribution in [0, 0.1) is 10.1 Å². The van der Waals surface area contributed by atoms with Gasteiger partial charge in [-0.2, -0.15) is 0 Å². The minimum Gasteiger partial charge on any atom is -0.408 e. The Hall–Kier alpha value is -4.20. The molecule has 29 heavy (non-hydrogen) atoms. The number of benzene rings is 3. The molecule has 0 unspecified atom stereocenters. The molecule has 1 heterocycles. The second-order valence-corrected chi connectivity index (χ2v) is 6.38. The van der Waals surface area contributed by atoms with E-state index in [-0.39, 0.29) is 23.7 Å². The van der Waals surface area contributed by atoms with Gasteiger partial charge in [0, 0.05) is 23.4 Å². The Morgan fingerprint density at radius 1 is 1.03 bits per heavy atom. The quantitative estimate of drug-likeness (QED) is 0.413. The van der Waals surface area contributed by atoms with E-state index < -0.39 is 10.7 Å². The highest BCUT2D eigenvalue weighted by Gasteiger charge is 2.15. The van der Waals surface area contributed by atoms with Gasteiger partial charge in [0.25, 0.3) is 11.6 Å². The van der Waals surface area contributed by atoms with E-state index in [1.165, 1.54) is 22.8 Å². The predicted molar refractivity (Wildman–Crippen MR) is 107 cm³/mol. The van der Waals surface area contributed by atoms with Crippen LogP contribution >= 0.6 is 0 Å². The minimum absolute atomic E-state index is 0.111. The number of aromatic nitrogens is 1. The Balaban J connectivity index is 1.64. The number of carbonyl (C=O) groups is 1. The summed E-state index contributed by atoms with van der Waals surface area (Å²) in [5, 5.41) is 13.8. The predicted octanol–water partition coefficient (Wildman–Crippen LogP) is 3.80. The van der Waals surface area contributed by atoms with Crippen LogP contribution in [0.4, 0.5) is 11.4 Å². The highest BCUT2D eigenvalue weighted by Crippen LogP contribution is 2.21. The van der Waals surface area contributed by atoms with Crippen LogP contribution in [-0.4, -0.2) is 15.4 Å². The summed E-state index contributed by atoms with van der Waals surface area (Å²) in [6.45, 7) is 0.111. The molecule has 1 N–H and O–H groups in total. The molecule has 0 aliphatic carbocycles. The number of fused-ring (bicyclic) bond motifs is 1. The topological polar surface area (TPSA) is 107 Å². The molecule has 0 aliphatic heterocycles. The molecule has 3 aromatic carbocycles. The number of nitro benzene ring substituents is 1. The summed E-state index contributed by atoms with van der Waals surface area (Å²) in [5.74, 6) is -0.905. The van der Waals surface area contributed by atoms with Crippen molar-refractivity contribution in [1.82, 2.24) is 4.57 Å². The summed E-state index contributed by atoms with van der Waals surface area (Å²) in [6.07, 6.45) is 0. The van der Waals surface area contributed by atoms with Crippen molar-refractivity contribution in [2.45, 2.75) is 6.54 Å². The lowest BCUT2D eigenvalue weighted by Crippen LogP contribution is -2.16. The van der Waals surface area contributed by atoms with E-state index in [2.05, 4.69) is 5.32 Å². The molecule has 0 aliphatic rings. The van der Waals surface area contributed by atoms with Gasteiger partial charge in [0.1, 0.15) is 0 Å². The number of nitro groups is 1. The zero-order chi connectivity index (χ0) is 20.4. The number of rotatable bonds is 5. The molecule has 0 fully saturated rings. The molecule has 4 rings (SSSR count). The standard InChI is InChI=1S/C21H15N3O5/c25-20(22-16-7-2-1-3-8-16)15-6-4-5-14(11-15)13-23-18-12-17(24(27)28)9-10-19(18)29-21(23)26/h1-12H,13H2,(H,22,25). The third-order valence-corrected chi connectivity index (χ3v) is 4.42. The normalized spacial score (nSPS) is 10.8. The maximum absolute atomic E-state index is 12.5. The molecule has 0 spiro atoms. The van der Waals surface area contributed by atoms with E-state index in [0.29, 0.717) is 22.3 Å². The number of oxazole rings is 1. The minimum atomic E-state index is -0.625. The first-order valence-corrected chi connectivity index (χ1v) is 8.74. The number of nitrogens with zero attached hydrogens (tertiary/aromatic N) is 2. The van der Waals surface area contributed by atoms with Gasteiger partial charge in [-0.15, -0.1) is 0 Å². The van der Waals surface area contributed by atoms with Crippen molar-refractivity contribution >= 4 is 28.4 Å². The molecule has 0 saturated carbocycles. The average molecular weight is 389 g/mol. The zero-order valence-corrected chi connectivity index (χ0v) is 15.1. The van der Waals surface area contributed by atoms with Gasteiger partial charge in [-0.1, -0.05) is 30.3 Å². The molecule has 8 heteroatoms. The van der Waals surface area contributed by atoms with Crippen LogP contribution in [0.5, 0.6) is 0 Å². The number of nitrogens with one attached hydrogen (secondary N) is 1.